The van der Waals surface area contributed by atoms with Gasteiger partial charge in [0.15, 0.2) is 0 Å². The third-order valence-electron chi connectivity index (χ3n) is 3.52. The monoisotopic (exact) mass is 235 g/mol. The van der Waals surface area contributed by atoms with Crippen molar-refractivity contribution in [1.29, 1.82) is 0 Å². The molecule has 0 bridgehead atoms. The number of nitrogens with zero attached hydrogens (tertiary/aromatic N) is 1. The number of ether oxygens (including phenoxy) is 1. The van der Waals surface area contributed by atoms with E-state index in [-0.39, 0.29) is 12.6 Å². The molecule has 0 saturated carbocycles. The second kappa shape index (κ2) is 5.63. The maximum atomic E-state index is 9.32. The Balaban J connectivity index is 2.05. The van der Waals surface area contributed by atoms with E-state index in [4.69, 9.17) is 4.74 Å². The Hall–Kier alpha value is -0.900. The zero-order chi connectivity index (χ0) is 12.3. The van der Waals surface area contributed by atoms with Gasteiger partial charge in [-0.15, -0.1) is 0 Å². The third kappa shape index (κ3) is 3.06. The molecule has 1 saturated heterocycles. The van der Waals surface area contributed by atoms with E-state index in [0.717, 1.165) is 19.7 Å². The lowest BCUT2D eigenvalue weighted by atomic mass is 10.1. The summed E-state index contributed by atoms with van der Waals surface area (Å²) >= 11 is 0. The van der Waals surface area contributed by atoms with Crippen molar-refractivity contribution in [2.24, 2.45) is 0 Å². The maximum absolute atomic E-state index is 9.32. The molecule has 0 aliphatic carbocycles. The quantitative estimate of drug-likeness (QED) is 0.861. The summed E-state index contributed by atoms with van der Waals surface area (Å²) in [7, 11) is 0. The van der Waals surface area contributed by atoms with Crippen molar-refractivity contribution in [2.75, 3.05) is 26.4 Å². The highest BCUT2D eigenvalue weighted by Gasteiger charge is 2.22. The number of aryl methyl sites for hydroxylation is 2. The Kier molecular flexibility index (Phi) is 4.15. The second-order valence-electron chi connectivity index (χ2n) is 4.80. The molecule has 1 unspecified atom stereocenters. The Bertz CT molecular complexity index is 378. The number of hydrogen-bond donors (Lipinski definition) is 1. The molecular formula is C14H21NO2. The number of hydrogen-bond acceptors (Lipinski definition) is 3. The van der Waals surface area contributed by atoms with Crippen LogP contribution in [-0.2, 0) is 11.3 Å². The fourth-order valence-electron chi connectivity index (χ4n) is 2.20. The van der Waals surface area contributed by atoms with E-state index < -0.39 is 0 Å². The van der Waals surface area contributed by atoms with Crippen LogP contribution in [0.3, 0.4) is 0 Å². The highest BCUT2D eigenvalue weighted by Crippen LogP contribution is 2.15. The minimum atomic E-state index is 0.144. The summed E-state index contributed by atoms with van der Waals surface area (Å²) in [6.45, 7) is 7.65. The van der Waals surface area contributed by atoms with Gasteiger partial charge in [-0.1, -0.05) is 18.2 Å². The van der Waals surface area contributed by atoms with Crippen LogP contribution in [0, 0.1) is 13.8 Å². The lowest BCUT2D eigenvalue weighted by Crippen LogP contribution is -2.46. The Morgan fingerprint density at radius 2 is 2.18 bits per heavy atom. The second-order valence-corrected chi connectivity index (χ2v) is 4.80. The highest BCUT2D eigenvalue weighted by molar-refractivity contribution is 5.29. The molecule has 17 heavy (non-hydrogen) atoms. The molecule has 2 rings (SSSR count). The first-order valence-electron chi connectivity index (χ1n) is 6.19. The van der Waals surface area contributed by atoms with E-state index in [1.54, 1.807) is 0 Å². The van der Waals surface area contributed by atoms with E-state index in [0.29, 0.717) is 6.61 Å². The largest absolute Gasteiger partial charge is 0.395 e. The highest BCUT2D eigenvalue weighted by atomic mass is 16.5. The molecule has 1 aromatic carbocycles. The molecule has 94 valence electrons. The fourth-order valence-corrected chi connectivity index (χ4v) is 2.20. The maximum Gasteiger partial charge on any atom is 0.0644 e. The van der Waals surface area contributed by atoms with Crippen LogP contribution in [0.25, 0.3) is 0 Å². The van der Waals surface area contributed by atoms with Crippen molar-refractivity contribution in [3.05, 3.63) is 34.9 Å². The van der Waals surface area contributed by atoms with Gasteiger partial charge in [0, 0.05) is 13.1 Å². The molecular weight excluding hydrogens is 214 g/mol. The summed E-state index contributed by atoms with van der Waals surface area (Å²) < 4.78 is 5.38. The number of rotatable bonds is 3. The number of aliphatic hydroxyl groups excluding tert-OH is 1. The Morgan fingerprint density at radius 3 is 2.88 bits per heavy atom. The molecule has 0 amide bonds. The molecule has 1 heterocycles. The van der Waals surface area contributed by atoms with Crippen molar-refractivity contribution in [3.8, 4) is 0 Å². The average molecular weight is 235 g/mol. The fraction of sp³-hybridized carbons (Fsp3) is 0.571. The van der Waals surface area contributed by atoms with Gasteiger partial charge in [0.25, 0.3) is 0 Å². The van der Waals surface area contributed by atoms with Gasteiger partial charge in [0.2, 0.25) is 0 Å². The molecule has 1 aliphatic heterocycles. The van der Waals surface area contributed by atoms with Gasteiger partial charge in [-0.3, -0.25) is 4.90 Å². The molecule has 1 aromatic rings. The van der Waals surface area contributed by atoms with Gasteiger partial charge < -0.3 is 9.84 Å². The van der Waals surface area contributed by atoms with Crippen LogP contribution in [0.4, 0.5) is 0 Å². The molecule has 1 atom stereocenters. The van der Waals surface area contributed by atoms with Crippen molar-refractivity contribution in [1.82, 2.24) is 4.90 Å². The van der Waals surface area contributed by atoms with Crippen LogP contribution >= 0.6 is 0 Å². The standard InChI is InChI=1S/C14H21NO2/c1-11-3-4-13(7-12(11)2)8-15-5-6-17-10-14(15)9-16/h3-4,7,14,16H,5-6,8-10H2,1-2H3. The van der Waals surface area contributed by atoms with Crippen LogP contribution in [0.2, 0.25) is 0 Å². The predicted molar refractivity (Wildman–Crippen MR) is 68.0 cm³/mol. The third-order valence-corrected chi connectivity index (χ3v) is 3.52. The topological polar surface area (TPSA) is 32.7 Å². The molecule has 0 aromatic heterocycles. The van der Waals surface area contributed by atoms with E-state index in [1.807, 2.05) is 0 Å². The predicted octanol–water partition coefficient (Wildman–Crippen LogP) is 1.50. The Morgan fingerprint density at radius 1 is 1.35 bits per heavy atom. The van der Waals surface area contributed by atoms with E-state index in [9.17, 15) is 5.11 Å². The molecule has 3 heteroatoms. The van der Waals surface area contributed by atoms with Crippen LogP contribution in [0.5, 0.6) is 0 Å². The molecule has 0 spiro atoms. The van der Waals surface area contributed by atoms with Gasteiger partial charge in [-0.2, -0.15) is 0 Å². The van der Waals surface area contributed by atoms with E-state index in [2.05, 4.69) is 36.9 Å². The van der Waals surface area contributed by atoms with E-state index in [1.165, 1.54) is 16.7 Å². The van der Waals surface area contributed by atoms with Crippen molar-refractivity contribution in [3.63, 3.8) is 0 Å². The molecule has 0 radical (unpaired) electrons. The first kappa shape index (κ1) is 12.6. The van der Waals surface area contributed by atoms with Gasteiger partial charge in [0.05, 0.1) is 25.9 Å². The van der Waals surface area contributed by atoms with Crippen molar-refractivity contribution in [2.45, 2.75) is 26.4 Å². The molecule has 1 fully saturated rings. The molecule has 1 aliphatic rings. The van der Waals surface area contributed by atoms with Crippen LogP contribution in [0.15, 0.2) is 18.2 Å². The van der Waals surface area contributed by atoms with Gasteiger partial charge in [0.1, 0.15) is 0 Å². The number of morpholine rings is 1. The molecule has 1 N–H and O–H groups in total. The first-order valence-corrected chi connectivity index (χ1v) is 6.19. The van der Waals surface area contributed by atoms with Crippen molar-refractivity contribution >= 4 is 0 Å². The van der Waals surface area contributed by atoms with Gasteiger partial charge in [-0.25, -0.2) is 0 Å². The Labute approximate surface area is 103 Å². The summed E-state index contributed by atoms with van der Waals surface area (Å²) in [6, 6.07) is 6.72. The molecule has 3 nitrogen and oxygen atoms in total. The lowest BCUT2D eigenvalue weighted by molar-refractivity contribution is -0.0312. The smallest absolute Gasteiger partial charge is 0.0644 e. The van der Waals surface area contributed by atoms with E-state index >= 15 is 0 Å². The first-order chi connectivity index (χ1) is 8.20. The zero-order valence-electron chi connectivity index (χ0n) is 10.6. The lowest BCUT2D eigenvalue weighted by Gasteiger charge is -2.34. The number of benzene rings is 1. The minimum Gasteiger partial charge on any atom is -0.395 e. The van der Waals surface area contributed by atoms with Gasteiger partial charge >= 0.3 is 0 Å². The van der Waals surface area contributed by atoms with Crippen molar-refractivity contribution < 1.29 is 9.84 Å². The summed E-state index contributed by atoms with van der Waals surface area (Å²) in [6.07, 6.45) is 0. The number of aliphatic hydroxyl groups is 1. The normalized spacial score (nSPS) is 21.7. The average Bonchev–Trinajstić information content (AvgIpc) is 2.34. The summed E-state index contributed by atoms with van der Waals surface area (Å²) in [5.41, 5.74) is 3.97. The van der Waals surface area contributed by atoms with Gasteiger partial charge in [-0.05, 0) is 30.5 Å². The minimum absolute atomic E-state index is 0.144. The van der Waals surface area contributed by atoms with Crippen LogP contribution in [0.1, 0.15) is 16.7 Å². The van der Waals surface area contributed by atoms with Crippen LogP contribution < -0.4 is 0 Å². The summed E-state index contributed by atoms with van der Waals surface area (Å²) in [5, 5.41) is 9.32. The summed E-state index contributed by atoms with van der Waals surface area (Å²) in [4.78, 5) is 2.30. The van der Waals surface area contributed by atoms with Crippen LogP contribution in [-0.4, -0.2) is 42.4 Å². The zero-order valence-corrected chi connectivity index (χ0v) is 10.6. The summed E-state index contributed by atoms with van der Waals surface area (Å²) in [5.74, 6) is 0. The SMILES string of the molecule is Cc1ccc(CN2CCOCC2CO)cc1C.